The number of hydrogen-bond donors (Lipinski definition) is 1. The van der Waals surface area contributed by atoms with E-state index in [1.807, 2.05) is 0 Å². The zero-order chi connectivity index (χ0) is 12.9. The molecule has 0 aromatic carbocycles. The summed E-state index contributed by atoms with van der Waals surface area (Å²) in [5, 5.41) is 0. The highest BCUT2D eigenvalue weighted by Gasteiger charge is 2.35. The maximum atomic E-state index is 12.3. The number of alkyl halides is 3. The molecule has 0 heterocycles. The first-order valence-electron chi connectivity index (χ1n) is 5.99. The van der Waals surface area contributed by atoms with Crippen LogP contribution in [0.4, 0.5) is 13.2 Å². The molecule has 3 nitrogen and oxygen atoms in total. The van der Waals surface area contributed by atoms with Gasteiger partial charge in [-0.2, -0.15) is 13.2 Å². The zero-order valence-corrected chi connectivity index (χ0v) is 9.80. The van der Waals surface area contributed by atoms with Gasteiger partial charge in [0.25, 0.3) is 0 Å². The van der Waals surface area contributed by atoms with Gasteiger partial charge >= 0.3 is 6.18 Å². The zero-order valence-electron chi connectivity index (χ0n) is 9.80. The number of nitrogens with two attached hydrogens (primary N) is 1. The van der Waals surface area contributed by atoms with Crippen LogP contribution in [0.2, 0.25) is 0 Å². The fourth-order valence-corrected chi connectivity index (χ4v) is 2.25. The number of carbonyl (C=O) groups excluding carboxylic acids is 1. The van der Waals surface area contributed by atoms with E-state index in [0.29, 0.717) is 12.8 Å². The maximum Gasteiger partial charge on any atom is 0.406 e. The number of carbonyl (C=O) groups is 1. The van der Waals surface area contributed by atoms with Gasteiger partial charge in [0.05, 0.1) is 0 Å². The molecule has 100 valence electrons. The lowest BCUT2D eigenvalue weighted by Crippen LogP contribution is -2.44. The smallest absolute Gasteiger partial charge is 0.332 e. The van der Waals surface area contributed by atoms with Crippen LogP contribution in [-0.2, 0) is 4.79 Å². The van der Waals surface area contributed by atoms with Crippen molar-refractivity contribution in [3.63, 3.8) is 0 Å². The number of halogens is 3. The molecule has 1 rings (SSSR count). The molecule has 0 spiro atoms. The Morgan fingerprint density at radius 2 is 1.82 bits per heavy atom. The number of rotatable bonds is 4. The minimum atomic E-state index is -4.35. The van der Waals surface area contributed by atoms with Crippen molar-refractivity contribution in [3.05, 3.63) is 0 Å². The molecule has 0 aromatic heterocycles. The van der Waals surface area contributed by atoms with Gasteiger partial charge in [0, 0.05) is 19.0 Å². The van der Waals surface area contributed by atoms with Gasteiger partial charge in [-0.05, 0) is 12.8 Å². The fraction of sp³-hybridized carbons (Fsp3) is 0.909. The van der Waals surface area contributed by atoms with Crippen molar-refractivity contribution in [1.82, 2.24) is 4.90 Å². The Bertz CT molecular complexity index is 250. The topological polar surface area (TPSA) is 46.3 Å². The molecular weight excluding hydrogens is 233 g/mol. The van der Waals surface area contributed by atoms with Crippen molar-refractivity contribution in [2.45, 2.75) is 38.3 Å². The molecule has 0 saturated heterocycles. The lowest BCUT2D eigenvalue weighted by atomic mass is 9.88. The van der Waals surface area contributed by atoms with E-state index in [1.54, 1.807) is 0 Å². The lowest BCUT2D eigenvalue weighted by Gasteiger charge is -2.29. The molecule has 6 heteroatoms. The van der Waals surface area contributed by atoms with E-state index in [0.717, 1.165) is 24.2 Å². The van der Waals surface area contributed by atoms with Crippen LogP contribution < -0.4 is 5.73 Å². The molecule has 0 aliphatic heterocycles. The summed E-state index contributed by atoms with van der Waals surface area (Å²) in [6.07, 6.45) is -0.00720. The molecule has 1 amide bonds. The summed E-state index contributed by atoms with van der Waals surface area (Å²) < 4.78 is 37.0. The van der Waals surface area contributed by atoms with E-state index < -0.39 is 12.7 Å². The third-order valence-electron chi connectivity index (χ3n) is 3.04. The van der Waals surface area contributed by atoms with Gasteiger partial charge in [0.2, 0.25) is 5.91 Å². The van der Waals surface area contributed by atoms with Crippen molar-refractivity contribution in [2.24, 2.45) is 11.7 Å². The average molecular weight is 252 g/mol. The highest BCUT2D eigenvalue weighted by molar-refractivity contribution is 5.79. The molecule has 0 aromatic rings. The third kappa shape index (κ3) is 4.93. The molecule has 0 atom stereocenters. The second-order valence-electron chi connectivity index (χ2n) is 4.50. The predicted octanol–water partition coefficient (Wildman–Crippen LogP) is 1.92. The highest BCUT2D eigenvalue weighted by Crippen LogP contribution is 2.26. The SMILES string of the molecule is NCCN(CC(F)(F)F)C(=O)C1CCCCC1. The highest BCUT2D eigenvalue weighted by atomic mass is 19.4. The number of amides is 1. The Kier molecular flexibility index (Phi) is 5.24. The van der Waals surface area contributed by atoms with Crippen LogP contribution in [0.1, 0.15) is 32.1 Å². The lowest BCUT2D eigenvalue weighted by molar-refractivity contribution is -0.164. The molecule has 1 saturated carbocycles. The summed E-state index contributed by atoms with van der Waals surface area (Å²) >= 11 is 0. The first-order valence-corrected chi connectivity index (χ1v) is 5.99. The molecule has 0 bridgehead atoms. The summed E-state index contributed by atoms with van der Waals surface area (Å²) in [6, 6.07) is 0. The van der Waals surface area contributed by atoms with Gasteiger partial charge in [-0.3, -0.25) is 4.79 Å². The Morgan fingerprint density at radius 1 is 1.24 bits per heavy atom. The van der Waals surface area contributed by atoms with Crippen LogP contribution in [-0.4, -0.2) is 36.6 Å². The normalized spacial score (nSPS) is 18.1. The van der Waals surface area contributed by atoms with E-state index in [2.05, 4.69) is 0 Å². The van der Waals surface area contributed by atoms with E-state index in [-0.39, 0.29) is 24.9 Å². The van der Waals surface area contributed by atoms with Gasteiger partial charge in [-0.1, -0.05) is 19.3 Å². The Labute approximate surface area is 99.1 Å². The molecule has 1 aliphatic rings. The summed E-state index contributed by atoms with van der Waals surface area (Å²) in [5.41, 5.74) is 5.25. The van der Waals surface area contributed by atoms with Gasteiger partial charge in [0.1, 0.15) is 6.54 Å². The van der Waals surface area contributed by atoms with Crippen molar-refractivity contribution in [1.29, 1.82) is 0 Å². The van der Waals surface area contributed by atoms with E-state index in [9.17, 15) is 18.0 Å². The molecule has 2 N–H and O–H groups in total. The van der Waals surface area contributed by atoms with Gasteiger partial charge in [0.15, 0.2) is 0 Å². The van der Waals surface area contributed by atoms with Crippen molar-refractivity contribution < 1.29 is 18.0 Å². The number of hydrogen-bond acceptors (Lipinski definition) is 2. The van der Waals surface area contributed by atoms with Crippen LogP contribution in [0.3, 0.4) is 0 Å². The molecule has 17 heavy (non-hydrogen) atoms. The Morgan fingerprint density at radius 3 is 2.29 bits per heavy atom. The van der Waals surface area contributed by atoms with Gasteiger partial charge in [-0.25, -0.2) is 0 Å². The van der Waals surface area contributed by atoms with E-state index in [1.165, 1.54) is 0 Å². The largest absolute Gasteiger partial charge is 0.406 e. The van der Waals surface area contributed by atoms with E-state index in [4.69, 9.17) is 5.73 Å². The number of nitrogens with zero attached hydrogens (tertiary/aromatic N) is 1. The standard InChI is InChI=1S/C11H19F3N2O/c12-11(13,14)8-16(7-6-15)10(17)9-4-2-1-3-5-9/h9H,1-8,15H2. The summed E-state index contributed by atoms with van der Waals surface area (Å²) in [7, 11) is 0. The summed E-state index contributed by atoms with van der Waals surface area (Å²) in [6.45, 7) is -1.14. The van der Waals surface area contributed by atoms with Crippen LogP contribution in [0.15, 0.2) is 0 Å². The Balaban J connectivity index is 2.58. The monoisotopic (exact) mass is 252 g/mol. The van der Waals surface area contributed by atoms with E-state index >= 15 is 0 Å². The first kappa shape index (κ1) is 14.3. The average Bonchev–Trinajstić information content (AvgIpc) is 2.27. The third-order valence-corrected chi connectivity index (χ3v) is 3.04. The quantitative estimate of drug-likeness (QED) is 0.830. The van der Waals surface area contributed by atoms with Crippen molar-refractivity contribution in [2.75, 3.05) is 19.6 Å². The van der Waals surface area contributed by atoms with Crippen LogP contribution in [0, 0.1) is 5.92 Å². The molecule has 1 aliphatic carbocycles. The molecule has 1 fully saturated rings. The second kappa shape index (κ2) is 6.23. The minimum Gasteiger partial charge on any atom is -0.332 e. The van der Waals surface area contributed by atoms with Crippen LogP contribution in [0.5, 0.6) is 0 Å². The summed E-state index contributed by atoms with van der Waals surface area (Å²) in [4.78, 5) is 12.8. The predicted molar refractivity (Wildman–Crippen MR) is 58.3 cm³/mol. The molecular formula is C11H19F3N2O. The maximum absolute atomic E-state index is 12.3. The van der Waals surface area contributed by atoms with Crippen molar-refractivity contribution >= 4 is 5.91 Å². The van der Waals surface area contributed by atoms with Gasteiger partial charge in [-0.15, -0.1) is 0 Å². The van der Waals surface area contributed by atoms with Gasteiger partial charge < -0.3 is 10.6 Å². The molecule has 0 radical (unpaired) electrons. The molecule has 0 unspecified atom stereocenters. The Hall–Kier alpha value is -0.780. The second-order valence-corrected chi connectivity index (χ2v) is 4.50. The minimum absolute atomic E-state index is 0.0190. The van der Waals surface area contributed by atoms with Crippen LogP contribution in [0.25, 0.3) is 0 Å². The first-order chi connectivity index (χ1) is 7.94. The van der Waals surface area contributed by atoms with Crippen LogP contribution >= 0.6 is 0 Å². The van der Waals surface area contributed by atoms with Crippen molar-refractivity contribution in [3.8, 4) is 0 Å². The summed E-state index contributed by atoms with van der Waals surface area (Å²) in [5.74, 6) is -0.620. The fourth-order valence-electron chi connectivity index (χ4n) is 2.25.